The molecule has 2 atom stereocenters. The molecule has 0 amide bonds. The predicted molar refractivity (Wildman–Crippen MR) is 109 cm³/mol. The fraction of sp³-hybridized carbons (Fsp3) is 0.381. The van der Waals surface area contributed by atoms with Gasteiger partial charge in [0, 0.05) is 19.1 Å². The fourth-order valence-electron chi connectivity index (χ4n) is 3.60. The summed E-state index contributed by atoms with van der Waals surface area (Å²) in [5.74, 6) is -0.396. The molecule has 0 radical (unpaired) electrons. The van der Waals surface area contributed by atoms with E-state index in [-0.39, 0.29) is 6.04 Å². The number of likely N-dealkylation sites (tertiary alicyclic amines) is 1. The maximum absolute atomic E-state index is 12.1. The molecule has 1 aliphatic rings. The molecule has 1 aliphatic heterocycles. The summed E-state index contributed by atoms with van der Waals surface area (Å²) in [5, 5.41) is 0. The Labute approximate surface area is 168 Å². The molecular weight excluding hydrogens is 376 g/mol. The third-order valence-electron chi connectivity index (χ3n) is 5.10. The monoisotopic (exact) mass is 402 g/mol. The van der Waals surface area contributed by atoms with Crippen molar-refractivity contribution in [2.24, 2.45) is 0 Å². The lowest BCUT2D eigenvalue weighted by Crippen LogP contribution is -2.37. The largest absolute Gasteiger partial charge is 0.465 e. The maximum Gasteiger partial charge on any atom is 0.337 e. The zero-order chi connectivity index (χ0) is 19.9. The Kier molecular flexibility index (Phi) is 7.33. The van der Waals surface area contributed by atoms with Crippen LogP contribution in [0.4, 0.5) is 0 Å². The minimum atomic E-state index is -2.10. The standard InChI is InChI=1S/C21H26N2O4S/c1-27-21(24)19-11-9-17(10-12-19)15-23(28(25)26)16-20(22-13-5-6-14-22)18-7-3-2-4-8-18/h2-4,7-12,20H,5-6,13-16H2,1H3,(H,25,26). The summed E-state index contributed by atoms with van der Waals surface area (Å²) in [7, 11) is 1.34. The summed E-state index contributed by atoms with van der Waals surface area (Å²) in [6.07, 6.45) is 2.31. The molecule has 2 aromatic rings. The van der Waals surface area contributed by atoms with Crippen molar-refractivity contribution in [1.29, 1.82) is 0 Å². The molecule has 7 heteroatoms. The van der Waals surface area contributed by atoms with Crippen LogP contribution < -0.4 is 0 Å². The molecule has 6 nitrogen and oxygen atoms in total. The Morgan fingerprint density at radius 1 is 1.14 bits per heavy atom. The average molecular weight is 403 g/mol. The van der Waals surface area contributed by atoms with Crippen LogP contribution in [0.2, 0.25) is 0 Å². The Hall–Kier alpha value is -2.06. The summed E-state index contributed by atoms with van der Waals surface area (Å²) in [4.78, 5) is 14.0. The van der Waals surface area contributed by atoms with Gasteiger partial charge < -0.3 is 4.74 Å². The molecule has 1 fully saturated rings. The number of nitrogens with zero attached hydrogens (tertiary/aromatic N) is 2. The number of esters is 1. The van der Waals surface area contributed by atoms with Gasteiger partial charge in [0.05, 0.1) is 12.7 Å². The lowest BCUT2D eigenvalue weighted by atomic mass is 10.1. The van der Waals surface area contributed by atoms with Gasteiger partial charge in [0.15, 0.2) is 0 Å². The minimum Gasteiger partial charge on any atom is -0.465 e. The molecule has 3 rings (SSSR count). The topological polar surface area (TPSA) is 70.1 Å². The molecule has 0 aliphatic carbocycles. The van der Waals surface area contributed by atoms with Crippen LogP contribution in [0.1, 0.15) is 40.4 Å². The number of carbonyl (C=O) groups is 1. The molecule has 28 heavy (non-hydrogen) atoms. The zero-order valence-corrected chi connectivity index (χ0v) is 16.8. The van der Waals surface area contributed by atoms with Crippen LogP contribution in [0.3, 0.4) is 0 Å². The highest BCUT2D eigenvalue weighted by Gasteiger charge is 2.27. The number of hydrogen-bond acceptors (Lipinski definition) is 4. The molecule has 0 aromatic heterocycles. The van der Waals surface area contributed by atoms with E-state index in [9.17, 15) is 13.6 Å². The Balaban J connectivity index is 1.76. The zero-order valence-electron chi connectivity index (χ0n) is 16.0. The van der Waals surface area contributed by atoms with Crippen molar-refractivity contribution in [3.05, 3.63) is 71.3 Å². The van der Waals surface area contributed by atoms with Crippen LogP contribution in [-0.2, 0) is 22.5 Å². The van der Waals surface area contributed by atoms with E-state index >= 15 is 0 Å². The smallest absolute Gasteiger partial charge is 0.337 e. The Morgan fingerprint density at radius 3 is 2.36 bits per heavy atom. The van der Waals surface area contributed by atoms with Gasteiger partial charge in [-0.05, 0) is 49.2 Å². The number of rotatable bonds is 8. The SMILES string of the molecule is COC(=O)c1ccc(CN(CC(c2ccccc2)N2CCCC2)S(=O)O)cc1. The first kappa shape index (κ1) is 20.7. The van der Waals surface area contributed by atoms with E-state index in [1.807, 2.05) is 18.2 Å². The van der Waals surface area contributed by atoms with Crippen molar-refractivity contribution in [3.8, 4) is 0 Å². The molecule has 1 N–H and O–H groups in total. The lowest BCUT2D eigenvalue weighted by Gasteiger charge is -2.31. The van der Waals surface area contributed by atoms with Crippen molar-refractivity contribution < 1.29 is 18.3 Å². The normalized spacial score (nSPS) is 16.8. The van der Waals surface area contributed by atoms with Crippen molar-refractivity contribution in [2.45, 2.75) is 25.4 Å². The first-order valence-electron chi connectivity index (χ1n) is 9.40. The van der Waals surface area contributed by atoms with Gasteiger partial charge in [0.2, 0.25) is 11.3 Å². The highest BCUT2D eigenvalue weighted by molar-refractivity contribution is 7.76. The Bertz CT molecular complexity index is 792. The van der Waals surface area contributed by atoms with Gasteiger partial charge in [-0.25, -0.2) is 9.00 Å². The molecule has 2 unspecified atom stereocenters. The molecule has 1 saturated heterocycles. The van der Waals surface area contributed by atoms with Crippen LogP contribution in [0, 0.1) is 0 Å². The van der Waals surface area contributed by atoms with Gasteiger partial charge in [-0.1, -0.05) is 42.5 Å². The summed E-state index contributed by atoms with van der Waals surface area (Å²) in [6.45, 7) is 2.77. The molecule has 0 spiro atoms. The first-order valence-corrected chi connectivity index (χ1v) is 10.5. The van der Waals surface area contributed by atoms with E-state index in [2.05, 4.69) is 17.0 Å². The van der Waals surface area contributed by atoms with Gasteiger partial charge in [-0.3, -0.25) is 9.45 Å². The van der Waals surface area contributed by atoms with E-state index in [1.165, 1.54) is 7.11 Å². The van der Waals surface area contributed by atoms with Crippen LogP contribution in [-0.4, -0.2) is 50.7 Å². The van der Waals surface area contributed by atoms with Crippen LogP contribution in [0.5, 0.6) is 0 Å². The molecule has 2 aromatic carbocycles. The van der Waals surface area contributed by atoms with Crippen LogP contribution in [0.15, 0.2) is 54.6 Å². The number of ether oxygens (including phenoxy) is 1. The van der Waals surface area contributed by atoms with E-state index in [1.54, 1.807) is 28.6 Å². The summed E-state index contributed by atoms with van der Waals surface area (Å²) < 4.78 is 28.2. The van der Waals surface area contributed by atoms with Crippen molar-refractivity contribution in [3.63, 3.8) is 0 Å². The third kappa shape index (κ3) is 5.26. The van der Waals surface area contributed by atoms with Crippen LogP contribution >= 0.6 is 0 Å². The van der Waals surface area contributed by atoms with E-state index < -0.39 is 17.2 Å². The minimum absolute atomic E-state index is 0.0640. The van der Waals surface area contributed by atoms with Gasteiger partial charge >= 0.3 is 5.97 Å². The molecule has 0 saturated carbocycles. The van der Waals surface area contributed by atoms with Crippen LogP contribution in [0.25, 0.3) is 0 Å². The second-order valence-electron chi connectivity index (χ2n) is 6.91. The second-order valence-corrected chi connectivity index (χ2v) is 7.89. The van der Waals surface area contributed by atoms with E-state index in [0.717, 1.165) is 37.1 Å². The molecule has 1 heterocycles. The number of methoxy groups -OCH3 is 1. The molecular formula is C21H26N2O4S. The summed E-state index contributed by atoms with van der Waals surface area (Å²) in [5.41, 5.74) is 2.48. The maximum atomic E-state index is 12.1. The summed E-state index contributed by atoms with van der Waals surface area (Å²) in [6, 6.07) is 17.1. The highest BCUT2D eigenvalue weighted by atomic mass is 32.2. The van der Waals surface area contributed by atoms with Gasteiger partial charge in [0.25, 0.3) is 0 Å². The van der Waals surface area contributed by atoms with Crippen molar-refractivity contribution in [1.82, 2.24) is 9.21 Å². The highest BCUT2D eigenvalue weighted by Crippen LogP contribution is 2.27. The Morgan fingerprint density at radius 2 is 1.79 bits per heavy atom. The second kappa shape index (κ2) is 9.93. The first-order chi connectivity index (χ1) is 13.6. The number of benzene rings is 2. The quantitative estimate of drug-likeness (QED) is 0.542. The molecule has 150 valence electrons. The average Bonchev–Trinajstić information content (AvgIpc) is 3.26. The predicted octanol–water partition coefficient (Wildman–Crippen LogP) is 3.25. The fourth-order valence-corrected chi connectivity index (χ4v) is 4.13. The number of carbonyl (C=O) groups excluding carboxylic acids is 1. The number of hydrogen-bond donors (Lipinski definition) is 1. The van der Waals surface area contributed by atoms with E-state index in [0.29, 0.717) is 18.7 Å². The molecule has 0 bridgehead atoms. The van der Waals surface area contributed by atoms with Gasteiger partial charge in [0.1, 0.15) is 0 Å². The van der Waals surface area contributed by atoms with Gasteiger partial charge in [-0.15, -0.1) is 0 Å². The van der Waals surface area contributed by atoms with Crippen molar-refractivity contribution in [2.75, 3.05) is 26.7 Å². The van der Waals surface area contributed by atoms with Gasteiger partial charge in [-0.2, -0.15) is 4.31 Å². The lowest BCUT2D eigenvalue weighted by molar-refractivity contribution is 0.0600. The summed E-state index contributed by atoms with van der Waals surface area (Å²) >= 11 is -2.10. The van der Waals surface area contributed by atoms with E-state index in [4.69, 9.17) is 4.74 Å². The third-order valence-corrected chi connectivity index (χ3v) is 5.82. The van der Waals surface area contributed by atoms with Crippen molar-refractivity contribution >= 4 is 17.2 Å².